The molecule has 2 heterocycles. The van der Waals surface area contributed by atoms with Crippen molar-refractivity contribution in [3.8, 4) is 0 Å². The van der Waals surface area contributed by atoms with Gasteiger partial charge in [-0.05, 0) is 24.3 Å². The number of nitrogen functional groups attached to an aromatic ring is 1. The van der Waals surface area contributed by atoms with Gasteiger partial charge in [-0.1, -0.05) is 6.07 Å². The number of aromatic nitrogens is 2. The third-order valence-corrected chi connectivity index (χ3v) is 2.58. The Hall–Kier alpha value is -2.43. The molecule has 0 aromatic carbocycles. The van der Waals surface area contributed by atoms with E-state index in [1.807, 2.05) is 36.2 Å². The van der Waals surface area contributed by atoms with Crippen molar-refractivity contribution < 1.29 is 0 Å². The van der Waals surface area contributed by atoms with Crippen LogP contribution < -0.4 is 10.6 Å². The standard InChI is InChI=1S/C13H15N5/c1-18(9-11-4-2-3-7-16-11)12-6-5-10(8-17-12)13(14)15/h2-8H,9H2,1H3,(H3,14,15). The average Bonchev–Trinajstić information content (AvgIpc) is 2.40. The zero-order valence-corrected chi connectivity index (χ0v) is 10.2. The van der Waals surface area contributed by atoms with Gasteiger partial charge in [0, 0.05) is 25.0 Å². The Balaban J connectivity index is 2.09. The maximum Gasteiger partial charge on any atom is 0.128 e. The summed E-state index contributed by atoms with van der Waals surface area (Å²) < 4.78 is 0. The summed E-state index contributed by atoms with van der Waals surface area (Å²) in [6, 6.07) is 9.46. The van der Waals surface area contributed by atoms with Crippen LogP contribution in [-0.2, 0) is 6.54 Å². The Bertz CT molecular complexity index is 521. The molecule has 2 aromatic heterocycles. The molecule has 2 aromatic rings. The number of hydrogen-bond acceptors (Lipinski definition) is 4. The normalized spacial score (nSPS) is 10.1. The molecule has 3 N–H and O–H groups in total. The van der Waals surface area contributed by atoms with Crippen LogP contribution in [0.3, 0.4) is 0 Å². The minimum absolute atomic E-state index is 0.0291. The molecular formula is C13H15N5. The van der Waals surface area contributed by atoms with E-state index in [1.165, 1.54) is 0 Å². The molecule has 0 aliphatic carbocycles. The van der Waals surface area contributed by atoms with Crippen LogP contribution in [0.25, 0.3) is 0 Å². The number of nitrogens with two attached hydrogens (primary N) is 1. The van der Waals surface area contributed by atoms with Gasteiger partial charge in [0.25, 0.3) is 0 Å². The lowest BCUT2D eigenvalue weighted by molar-refractivity contribution is 0.865. The zero-order valence-electron chi connectivity index (χ0n) is 10.2. The van der Waals surface area contributed by atoms with E-state index in [0.29, 0.717) is 12.1 Å². The van der Waals surface area contributed by atoms with Crippen molar-refractivity contribution >= 4 is 11.7 Å². The summed E-state index contributed by atoms with van der Waals surface area (Å²) in [4.78, 5) is 10.5. The zero-order chi connectivity index (χ0) is 13.0. The predicted octanol–water partition coefficient (Wildman–Crippen LogP) is 1.40. The maximum absolute atomic E-state index is 7.31. The van der Waals surface area contributed by atoms with E-state index in [1.54, 1.807) is 18.5 Å². The highest BCUT2D eigenvalue weighted by atomic mass is 15.2. The fraction of sp³-hybridized carbons (Fsp3) is 0.154. The molecule has 0 spiro atoms. The van der Waals surface area contributed by atoms with Crippen LogP contribution in [-0.4, -0.2) is 22.9 Å². The van der Waals surface area contributed by atoms with Gasteiger partial charge in [-0.2, -0.15) is 0 Å². The highest BCUT2D eigenvalue weighted by Gasteiger charge is 2.05. The first kappa shape index (κ1) is 12.0. The van der Waals surface area contributed by atoms with Crippen LogP contribution in [0, 0.1) is 5.41 Å². The molecule has 0 saturated carbocycles. The molecule has 0 unspecified atom stereocenters. The maximum atomic E-state index is 7.31. The second-order valence-corrected chi connectivity index (χ2v) is 4.00. The highest BCUT2D eigenvalue weighted by molar-refractivity contribution is 5.94. The lowest BCUT2D eigenvalue weighted by Gasteiger charge is -2.17. The summed E-state index contributed by atoms with van der Waals surface area (Å²) in [7, 11) is 1.95. The van der Waals surface area contributed by atoms with Gasteiger partial charge in [0.05, 0.1) is 12.2 Å². The predicted molar refractivity (Wildman–Crippen MR) is 71.6 cm³/mol. The van der Waals surface area contributed by atoms with Crippen LogP contribution in [0.1, 0.15) is 11.3 Å². The molecule has 5 heteroatoms. The smallest absolute Gasteiger partial charge is 0.128 e. The summed E-state index contributed by atoms with van der Waals surface area (Å²) in [5, 5.41) is 7.31. The van der Waals surface area contributed by atoms with E-state index in [9.17, 15) is 0 Å². The third-order valence-electron chi connectivity index (χ3n) is 2.58. The van der Waals surface area contributed by atoms with Crippen molar-refractivity contribution in [2.45, 2.75) is 6.54 Å². The van der Waals surface area contributed by atoms with Crippen LogP contribution in [0.15, 0.2) is 42.7 Å². The quantitative estimate of drug-likeness (QED) is 0.626. The lowest BCUT2D eigenvalue weighted by Crippen LogP contribution is -2.19. The van der Waals surface area contributed by atoms with Crippen LogP contribution in [0.4, 0.5) is 5.82 Å². The Kier molecular flexibility index (Phi) is 3.52. The number of rotatable bonds is 4. The third kappa shape index (κ3) is 2.82. The first-order valence-corrected chi connectivity index (χ1v) is 5.58. The van der Waals surface area contributed by atoms with E-state index >= 15 is 0 Å². The van der Waals surface area contributed by atoms with Crippen molar-refractivity contribution in [1.82, 2.24) is 9.97 Å². The second kappa shape index (κ2) is 5.27. The average molecular weight is 241 g/mol. The molecule has 0 aliphatic heterocycles. The van der Waals surface area contributed by atoms with Gasteiger partial charge in [0.2, 0.25) is 0 Å². The Morgan fingerprint density at radius 2 is 2.11 bits per heavy atom. The number of pyridine rings is 2. The summed E-state index contributed by atoms with van der Waals surface area (Å²) in [6.07, 6.45) is 3.38. The molecule has 0 aliphatic rings. The van der Waals surface area contributed by atoms with Gasteiger partial charge >= 0.3 is 0 Å². The molecular weight excluding hydrogens is 226 g/mol. The van der Waals surface area contributed by atoms with Gasteiger partial charge in [-0.25, -0.2) is 4.98 Å². The second-order valence-electron chi connectivity index (χ2n) is 4.00. The van der Waals surface area contributed by atoms with Crippen molar-refractivity contribution in [2.24, 2.45) is 5.73 Å². The molecule has 0 atom stereocenters. The van der Waals surface area contributed by atoms with Crippen LogP contribution >= 0.6 is 0 Å². The van der Waals surface area contributed by atoms with E-state index in [-0.39, 0.29) is 5.84 Å². The first-order chi connectivity index (χ1) is 8.66. The summed E-state index contributed by atoms with van der Waals surface area (Å²) in [6.45, 7) is 0.688. The Labute approximate surface area is 106 Å². The topological polar surface area (TPSA) is 78.9 Å². The number of nitrogens with zero attached hydrogens (tertiary/aromatic N) is 3. The molecule has 0 bridgehead atoms. The molecule has 18 heavy (non-hydrogen) atoms. The largest absolute Gasteiger partial charge is 0.384 e. The minimum Gasteiger partial charge on any atom is -0.384 e. The Morgan fingerprint density at radius 1 is 1.28 bits per heavy atom. The SMILES string of the molecule is CN(Cc1ccccn1)c1ccc(C(=N)N)cn1. The van der Waals surface area contributed by atoms with Crippen LogP contribution in [0.2, 0.25) is 0 Å². The van der Waals surface area contributed by atoms with Crippen molar-refractivity contribution in [3.63, 3.8) is 0 Å². The fourth-order valence-corrected chi connectivity index (χ4v) is 1.59. The molecule has 2 rings (SSSR count). The first-order valence-electron chi connectivity index (χ1n) is 5.58. The van der Waals surface area contributed by atoms with Gasteiger partial charge in [0.15, 0.2) is 0 Å². The van der Waals surface area contributed by atoms with E-state index < -0.39 is 0 Å². The Morgan fingerprint density at radius 3 is 2.67 bits per heavy atom. The van der Waals surface area contributed by atoms with Gasteiger partial charge in [-0.15, -0.1) is 0 Å². The molecule has 0 saturated heterocycles. The van der Waals surface area contributed by atoms with E-state index in [4.69, 9.17) is 11.1 Å². The minimum atomic E-state index is 0.0291. The molecule has 0 fully saturated rings. The van der Waals surface area contributed by atoms with Gasteiger partial charge in [0.1, 0.15) is 11.7 Å². The van der Waals surface area contributed by atoms with Gasteiger partial charge in [-0.3, -0.25) is 10.4 Å². The number of anilines is 1. The van der Waals surface area contributed by atoms with Crippen molar-refractivity contribution in [2.75, 3.05) is 11.9 Å². The van der Waals surface area contributed by atoms with Gasteiger partial charge < -0.3 is 10.6 Å². The number of hydrogen-bond donors (Lipinski definition) is 2. The molecule has 0 radical (unpaired) electrons. The lowest BCUT2D eigenvalue weighted by atomic mass is 10.2. The number of amidine groups is 1. The molecule has 5 nitrogen and oxygen atoms in total. The molecule has 0 amide bonds. The van der Waals surface area contributed by atoms with Crippen molar-refractivity contribution in [1.29, 1.82) is 5.41 Å². The highest BCUT2D eigenvalue weighted by Crippen LogP contribution is 2.11. The molecule has 92 valence electrons. The summed E-state index contributed by atoms with van der Waals surface area (Å²) in [5.74, 6) is 0.854. The summed E-state index contributed by atoms with van der Waals surface area (Å²) >= 11 is 0. The fourth-order valence-electron chi connectivity index (χ4n) is 1.59. The monoisotopic (exact) mass is 241 g/mol. The van der Waals surface area contributed by atoms with Crippen LogP contribution in [0.5, 0.6) is 0 Å². The summed E-state index contributed by atoms with van der Waals surface area (Å²) in [5.41, 5.74) is 7.00. The van der Waals surface area contributed by atoms with E-state index in [0.717, 1.165) is 11.5 Å². The van der Waals surface area contributed by atoms with Crippen molar-refractivity contribution in [3.05, 3.63) is 54.0 Å². The number of nitrogens with one attached hydrogen (secondary N) is 1. The van der Waals surface area contributed by atoms with E-state index in [2.05, 4.69) is 9.97 Å².